The molecule has 0 aliphatic rings. The molecule has 2 N–H and O–H groups in total. The summed E-state index contributed by atoms with van der Waals surface area (Å²) in [6.07, 6.45) is 1.70. The third-order valence-electron chi connectivity index (χ3n) is 3.44. The van der Waals surface area contributed by atoms with Crippen LogP contribution in [0.25, 0.3) is 5.69 Å². The molecule has 1 atom stereocenters. The molecule has 1 aromatic carbocycles. The zero-order chi connectivity index (χ0) is 14.5. The number of nitrogens with zero attached hydrogens (tertiary/aromatic N) is 3. The summed E-state index contributed by atoms with van der Waals surface area (Å²) in [5, 5.41) is 8.58. The molecule has 0 radical (unpaired) electrons. The lowest BCUT2D eigenvalue weighted by molar-refractivity contribution is 0.184. The number of hydrogen-bond donors (Lipinski definition) is 1. The van der Waals surface area contributed by atoms with Gasteiger partial charge in [0.1, 0.15) is 5.69 Å². The van der Waals surface area contributed by atoms with Crippen molar-refractivity contribution in [3.05, 3.63) is 41.2 Å². The van der Waals surface area contributed by atoms with Crippen LogP contribution in [0.1, 0.15) is 43.3 Å². The van der Waals surface area contributed by atoms with Crippen molar-refractivity contribution in [3.8, 4) is 5.69 Å². The summed E-state index contributed by atoms with van der Waals surface area (Å²) in [4.78, 5) is 0. The van der Waals surface area contributed by atoms with Crippen LogP contribution < -0.4 is 5.73 Å². The molecule has 20 heavy (non-hydrogen) atoms. The minimum Gasteiger partial charge on any atom is -0.380 e. The average Bonchev–Trinajstić information content (AvgIpc) is 2.91. The molecule has 2 rings (SSSR count). The van der Waals surface area contributed by atoms with E-state index < -0.39 is 0 Å². The van der Waals surface area contributed by atoms with Crippen molar-refractivity contribution in [3.63, 3.8) is 0 Å². The SMILES string of the molecule is CCc1c(C(N)CC)nnn1-c1ccccc1COC. The van der Waals surface area contributed by atoms with Crippen LogP contribution in [0.2, 0.25) is 0 Å². The molecule has 0 saturated heterocycles. The quantitative estimate of drug-likeness (QED) is 0.878. The Labute approximate surface area is 119 Å². The fourth-order valence-electron chi connectivity index (χ4n) is 2.31. The molecule has 5 heteroatoms. The highest BCUT2D eigenvalue weighted by atomic mass is 16.5. The molecule has 108 valence electrons. The first-order valence-electron chi connectivity index (χ1n) is 7.00. The minimum atomic E-state index is -0.0618. The smallest absolute Gasteiger partial charge is 0.103 e. The molecule has 1 aromatic heterocycles. The van der Waals surface area contributed by atoms with Crippen molar-refractivity contribution in [1.29, 1.82) is 0 Å². The average molecular weight is 274 g/mol. The van der Waals surface area contributed by atoms with Crippen LogP contribution in [0.5, 0.6) is 0 Å². The molecule has 2 aromatic rings. The van der Waals surface area contributed by atoms with Gasteiger partial charge in [-0.25, -0.2) is 4.68 Å². The van der Waals surface area contributed by atoms with Gasteiger partial charge in [0.2, 0.25) is 0 Å². The van der Waals surface area contributed by atoms with Crippen molar-refractivity contribution in [2.75, 3.05) is 7.11 Å². The van der Waals surface area contributed by atoms with E-state index in [4.69, 9.17) is 10.5 Å². The number of methoxy groups -OCH3 is 1. The highest BCUT2D eigenvalue weighted by Gasteiger charge is 2.18. The van der Waals surface area contributed by atoms with Gasteiger partial charge in [-0.3, -0.25) is 0 Å². The maximum absolute atomic E-state index is 6.12. The summed E-state index contributed by atoms with van der Waals surface area (Å²) in [7, 11) is 1.69. The van der Waals surface area contributed by atoms with Gasteiger partial charge in [-0.15, -0.1) is 5.10 Å². The number of benzene rings is 1. The number of para-hydroxylation sites is 1. The highest BCUT2D eigenvalue weighted by Crippen LogP contribution is 2.22. The van der Waals surface area contributed by atoms with Crippen LogP contribution >= 0.6 is 0 Å². The van der Waals surface area contributed by atoms with Crippen molar-refractivity contribution in [1.82, 2.24) is 15.0 Å². The van der Waals surface area contributed by atoms with Gasteiger partial charge in [0.05, 0.1) is 24.0 Å². The van der Waals surface area contributed by atoms with E-state index in [0.29, 0.717) is 6.61 Å². The van der Waals surface area contributed by atoms with Gasteiger partial charge in [-0.2, -0.15) is 0 Å². The monoisotopic (exact) mass is 274 g/mol. The molecule has 0 bridgehead atoms. The summed E-state index contributed by atoms with van der Waals surface area (Å²) >= 11 is 0. The second-order valence-electron chi connectivity index (χ2n) is 4.76. The van der Waals surface area contributed by atoms with E-state index in [-0.39, 0.29) is 6.04 Å². The number of aromatic nitrogens is 3. The van der Waals surface area contributed by atoms with Crippen molar-refractivity contribution in [2.24, 2.45) is 5.73 Å². The van der Waals surface area contributed by atoms with E-state index in [1.807, 2.05) is 28.9 Å². The van der Waals surface area contributed by atoms with E-state index in [0.717, 1.165) is 35.5 Å². The molecular weight excluding hydrogens is 252 g/mol. The number of ether oxygens (including phenoxy) is 1. The fourth-order valence-corrected chi connectivity index (χ4v) is 2.31. The van der Waals surface area contributed by atoms with Crippen LogP contribution in [0, 0.1) is 0 Å². The molecular formula is C15H22N4O. The molecule has 5 nitrogen and oxygen atoms in total. The van der Waals surface area contributed by atoms with E-state index in [2.05, 4.69) is 24.2 Å². The first-order chi connectivity index (χ1) is 9.72. The third kappa shape index (κ3) is 2.73. The van der Waals surface area contributed by atoms with Crippen LogP contribution in [-0.4, -0.2) is 22.1 Å². The van der Waals surface area contributed by atoms with Crippen LogP contribution in [-0.2, 0) is 17.8 Å². The fraction of sp³-hybridized carbons (Fsp3) is 0.467. The molecule has 0 aliphatic heterocycles. The number of nitrogens with two attached hydrogens (primary N) is 1. The topological polar surface area (TPSA) is 66.0 Å². The first-order valence-corrected chi connectivity index (χ1v) is 7.00. The lowest BCUT2D eigenvalue weighted by Crippen LogP contribution is -2.13. The van der Waals surface area contributed by atoms with Gasteiger partial charge >= 0.3 is 0 Å². The third-order valence-corrected chi connectivity index (χ3v) is 3.44. The zero-order valence-corrected chi connectivity index (χ0v) is 12.3. The number of rotatable bonds is 6. The maximum Gasteiger partial charge on any atom is 0.103 e. The molecule has 1 unspecified atom stereocenters. The molecule has 0 fully saturated rings. The predicted octanol–water partition coefficient (Wildman–Crippen LogP) is 2.39. The number of hydrogen-bond acceptors (Lipinski definition) is 4. The maximum atomic E-state index is 6.12. The van der Waals surface area contributed by atoms with Crippen LogP contribution in [0.15, 0.2) is 24.3 Å². The molecule has 0 amide bonds. The Morgan fingerprint density at radius 3 is 2.70 bits per heavy atom. The second kappa shape index (κ2) is 6.63. The van der Waals surface area contributed by atoms with Gasteiger partial charge in [0.25, 0.3) is 0 Å². The van der Waals surface area contributed by atoms with E-state index in [1.165, 1.54) is 0 Å². The van der Waals surface area contributed by atoms with Crippen molar-refractivity contribution < 1.29 is 4.74 Å². The van der Waals surface area contributed by atoms with Gasteiger partial charge in [-0.05, 0) is 18.9 Å². The standard InChI is InChI=1S/C15H22N4O/c1-4-12(16)15-13(5-2)19(18-17-15)14-9-7-6-8-11(14)10-20-3/h6-9,12H,4-5,10,16H2,1-3H3. The van der Waals surface area contributed by atoms with Gasteiger partial charge in [0, 0.05) is 12.7 Å². The van der Waals surface area contributed by atoms with Gasteiger partial charge < -0.3 is 10.5 Å². The first kappa shape index (κ1) is 14.7. The lowest BCUT2D eigenvalue weighted by atomic mass is 10.1. The summed E-state index contributed by atoms with van der Waals surface area (Å²) in [5.41, 5.74) is 10.2. The summed E-state index contributed by atoms with van der Waals surface area (Å²) < 4.78 is 7.14. The Hall–Kier alpha value is -1.72. The second-order valence-corrected chi connectivity index (χ2v) is 4.76. The minimum absolute atomic E-state index is 0.0618. The Morgan fingerprint density at radius 2 is 2.05 bits per heavy atom. The Kier molecular flexibility index (Phi) is 4.87. The zero-order valence-electron chi connectivity index (χ0n) is 12.3. The Morgan fingerprint density at radius 1 is 1.30 bits per heavy atom. The van der Waals surface area contributed by atoms with E-state index >= 15 is 0 Å². The summed E-state index contributed by atoms with van der Waals surface area (Å²) in [6, 6.07) is 8.00. The highest BCUT2D eigenvalue weighted by molar-refractivity contribution is 5.41. The molecule has 1 heterocycles. The van der Waals surface area contributed by atoms with Gasteiger partial charge in [-0.1, -0.05) is 37.3 Å². The summed E-state index contributed by atoms with van der Waals surface area (Å²) in [5.74, 6) is 0. The molecule has 0 saturated carbocycles. The van der Waals surface area contributed by atoms with Crippen LogP contribution in [0.4, 0.5) is 0 Å². The molecule has 0 spiro atoms. The predicted molar refractivity (Wildman–Crippen MR) is 78.7 cm³/mol. The largest absolute Gasteiger partial charge is 0.380 e. The Balaban J connectivity index is 2.50. The summed E-state index contributed by atoms with van der Waals surface area (Å²) in [6.45, 7) is 4.70. The van der Waals surface area contributed by atoms with Crippen LogP contribution in [0.3, 0.4) is 0 Å². The van der Waals surface area contributed by atoms with Crippen molar-refractivity contribution in [2.45, 2.75) is 39.3 Å². The lowest BCUT2D eigenvalue weighted by Gasteiger charge is -2.12. The van der Waals surface area contributed by atoms with E-state index in [1.54, 1.807) is 7.11 Å². The Bertz CT molecular complexity index is 565. The normalized spacial score (nSPS) is 12.6. The molecule has 0 aliphatic carbocycles. The van der Waals surface area contributed by atoms with Gasteiger partial charge in [0.15, 0.2) is 0 Å². The van der Waals surface area contributed by atoms with E-state index in [9.17, 15) is 0 Å². The van der Waals surface area contributed by atoms with Crippen molar-refractivity contribution >= 4 is 0 Å².